The Kier molecular flexibility index (Phi) is 4.52. The molecule has 2 aromatic heterocycles. The van der Waals surface area contributed by atoms with Gasteiger partial charge in [-0.25, -0.2) is 5.10 Å². The van der Waals surface area contributed by atoms with Crippen LogP contribution in [0, 0.1) is 6.92 Å². The van der Waals surface area contributed by atoms with E-state index in [2.05, 4.69) is 39.5 Å². The number of carbonyl (C=O) groups excluding carboxylic acids is 1. The Balaban J connectivity index is 1.72. The molecule has 4 aromatic rings. The fraction of sp³-hybridized carbons (Fsp3) is 0.100. The predicted octanol–water partition coefficient (Wildman–Crippen LogP) is 2.88. The Morgan fingerprint density at radius 2 is 1.89 bits per heavy atom. The predicted molar refractivity (Wildman–Crippen MR) is 105 cm³/mol. The smallest absolute Gasteiger partial charge is 0.300 e. The second kappa shape index (κ2) is 7.13. The van der Waals surface area contributed by atoms with Gasteiger partial charge in [-0.15, -0.1) is 11.3 Å². The largest absolute Gasteiger partial charge is 0.319 e. The minimum Gasteiger partial charge on any atom is -0.319 e. The normalized spacial score (nSPS) is 11.8. The van der Waals surface area contributed by atoms with Gasteiger partial charge in [0.25, 0.3) is 5.56 Å². The highest BCUT2D eigenvalue weighted by Crippen LogP contribution is 2.13. The summed E-state index contributed by atoms with van der Waals surface area (Å²) in [5, 5.41) is 9.10. The molecule has 134 valence electrons. The lowest BCUT2D eigenvalue weighted by Gasteiger charge is -2.04. The van der Waals surface area contributed by atoms with Crippen LogP contribution >= 0.6 is 11.3 Å². The van der Waals surface area contributed by atoms with Gasteiger partial charge in [0.1, 0.15) is 0 Å². The van der Waals surface area contributed by atoms with E-state index in [9.17, 15) is 9.59 Å². The maximum absolute atomic E-state index is 12.7. The minimum atomic E-state index is -0.484. The molecule has 1 amide bonds. The number of nitrogens with zero attached hydrogens (tertiary/aromatic N) is 3. The molecule has 0 aliphatic heterocycles. The molecule has 6 nitrogen and oxygen atoms in total. The van der Waals surface area contributed by atoms with E-state index in [0.29, 0.717) is 22.1 Å². The van der Waals surface area contributed by atoms with Crippen LogP contribution in [-0.2, 0) is 6.54 Å². The van der Waals surface area contributed by atoms with Crippen molar-refractivity contribution in [2.45, 2.75) is 13.5 Å². The topological polar surface area (TPSA) is 80.1 Å². The molecule has 0 bridgehead atoms. The SMILES string of the molecule is Cc1ccc(Cn2ccsc2=NC(=O)c2n[nH]c(=O)c3ccccc23)cc1. The van der Waals surface area contributed by atoms with Gasteiger partial charge in [-0.05, 0) is 18.6 Å². The van der Waals surface area contributed by atoms with Gasteiger partial charge in [-0.3, -0.25) is 9.59 Å². The lowest BCUT2D eigenvalue weighted by Crippen LogP contribution is -2.19. The zero-order chi connectivity index (χ0) is 18.8. The van der Waals surface area contributed by atoms with E-state index >= 15 is 0 Å². The first-order valence-electron chi connectivity index (χ1n) is 8.38. The van der Waals surface area contributed by atoms with Crippen LogP contribution in [0.15, 0.2) is 69.9 Å². The number of aromatic nitrogens is 3. The van der Waals surface area contributed by atoms with E-state index in [1.165, 1.54) is 16.9 Å². The molecule has 0 atom stereocenters. The number of carbonyl (C=O) groups is 1. The van der Waals surface area contributed by atoms with Crippen LogP contribution in [0.1, 0.15) is 21.6 Å². The third-order valence-corrected chi connectivity index (χ3v) is 5.02. The van der Waals surface area contributed by atoms with Crippen molar-refractivity contribution in [2.75, 3.05) is 0 Å². The maximum atomic E-state index is 12.7. The molecule has 27 heavy (non-hydrogen) atoms. The summed E-state index contributed by atoms with van der Waals surface area (Å²) in [6.07, 6.45) is 1.90. The summed E-state index contributed by atoms with van der Waals surface area (Å²) in [6, 6.07) is 15.1. The van der Waals surface area contributed by atoms with E-state index in [1.54, 1.807) is 24.3 Å². The van der Waals surface area contributed by atoms with Crippen molar-refractivity contribution in [1.82, 2.24) is 14.8 Å². The van der Waals surface area contributed by atoms with Crippen LogP contribution in [-0.4, -0.2) is 20.7 Å². The van der Waals surface area contributed by atoms with Crippen molar-refractivity contribution in [3.63, 3.8) is 0 Å². The van der Waals surface area contributed by atoms with Crippen molar-refractivity contribution in [2.24, 2.45) is 4.99 Å². The van der Waals surface area contributed by atoms with E-state index in [0.717, 1.165) is 5.56 Å². The van der Waals surface area contributed by atoms with E-state index in [4.69, 9.17) is 0 Å². The second-order valence-electron chi connectivity index (χ2n) is 6.16. The molecule has 7 heteroatoms. The van der Waals surface area contributed by atoms with E-state index in [-0.39, 0.29) is 11.3 Å². The number of thiazole rings is 1. The summed E-state index contributed by atoms with van der Waals surface area (Å²) in [7, 11) is 0. The number of nitrogens with one attached hydrogen (secondary N) is 1. The van der Waals surface area contributed by atoms with Crippen molar-refractivity contribution in [3.8, 4) is 0 Å². The summed E-state index contributed by atoms with van der Waals surface area (Å²) in [6.45, 7) is 2.66. The molecule has 0 aliphatic carbocycles. The van der Waals surface area contributed by atoms with Crippen molar-refractivity contribution < 1.29 is 4.79 Å². The fourth-order valence-corrected chi connectivity index (χ4v) is 3.54. The van der Waals surface area contributed by atoms with Crippen LogP contribution < -0.4 is 10.4 Å². The summed E-state index contributed by atoms with van der Waals surface area (Å²) in [4.78, 5) is 29.4. The van der Waals surface area contributed by atoms with Crippen LogP contribution in [0.2, 0.25) is 0 Å². The number of hydrogen-bond donors (Lipinski definition) is 1. The first-order chi connectivity index (χ1) is 13.1. The summed E-state index contributed by atoms with van der Waals surface area (Å²) < 4.78 is 1.92. The van der Waals surface area contributed by atoms with Gasteiger partial charge in [0, 0.05) is 23.5 Å². The Morgan fingerprint density at radius 1 is 1.15 bits per heavy atom. The molecule has 0 saturated heterocycles. The first-order valence-corrected chi connectivity index (χ1v) is 9.26. The number of benzene rings is 2. The standard InChI is InChI=1S/C20H16N4O2S/c1-13-6-8-14(9-7-13)12-24-10-11-27-20(24)21-19(26)17-15-4-2-3-5-16(15)18(25)23-22-17/h2-11H,12H2,1H3,(H,23,25). The molecule has 1 N–H and O–H groups in total. The molecule has 0 fully saturated rings. The number of rotatable bonds is 3. The maximum Gasteiger partial charge on any atom is 0.300 e. The van der Waals surface area contributed by atoms with Gasteiger partial charge in [-0.1, -0.05) is 48.0 Å². The fourth-order valence-electron chi connectivity index (χ4n) is 2.81. The molecule has 2 heterocycles. The lowest BCUT2D eigenvalue weighted by atomic mass is 10.1. The summed E-state index contributed by atoms with van der Waals surface area (Å²) >= 11 is 1.38. The molecular formula is C20H16N4O2S. The average Bonchev–Trinajstić information content (AvgIpc) is 3.10. The van der Waals surface area contributed by atoms with E-state index < -0.39 is 5.91 Å². The number of H-pyrrole nitrogens is 1. The van der Waals surface area contributed by atoms with Gasteiger partial charge in [-0.2, -0.15) is 10.1 Å². The number of hydrogen-bond acceptors (Lipinski definition) is 4. The van der Waals surface area contributed by atoms with Gasteiger partial charge in [0.2, 0.25) is 0 Å². The molecule has 0 aliphatic rings. The van der Waals surface area contributed by atoms with Crippen molar-refractivity contribution in [1.29, 1.82) is 0 Å². The Bertz CT molecular complexity index is 1250. The molecule has 0 radical (unpaired) electrons. The van der Waals surface area contributed by atoms with Crippen LogP contribution in [0.3, 0.4) is 0 Å². The molecule has 0 spiro atoms. The van der Waals surface area contributed by atoms with Gasteiger partial charge in [0.15, 0.2) is 10.5 Å². The minimum absolute atomic E-state index is 0.139. The van der Waals surface area contributed by atoms with Crippen LogP contribution in [0.5, 0.6) is 0 Å². The summed E-state index contributed by atoms with van der Waals surface area (Å²) in [5.74, 6) is -0.484. The lowest BCUT2D eigenvalue weighted by molar-refractivity contribution is 0.0994. The molecule has 0 unspecified atom stereocenters. The van der Waals surface area contributed by atoms with Crippen molar-refractivity contribution >= 4 is 28.0 Å². The highest BCUT2D eigenvalue weighted by Gasteiger charge is 2.13. The molecule has 0 saturated carbocycles. The van der Waals surface area contributed by atoms with Gasteiger partial charge in [0.05, 0.1) is 5.39 Å². The van der Waals surface area contributed by atoms with Crippen molar-refractivity contribution in [3.05, 3.63) is 92.1 Å². The van der Waals surface area contributed by atoms with E-state index in [1.807, 2.05) is 23.1 Å². The highest BCUT2D eigenvalue weighted by atomic mass is 32.1. The quantitative estimate of drug-likeness (QED) is 0.597. The zero-order valence-corrected chi connectivity index (χ0v) is 15.4. The number of aryl methyl sites for hydroxylation is 1. The third-order valence-electron chi connectivity index (χ3n) is 4.23. The average molecular weight is 376 g/mol. The molecule has 4 rings (SSSR count). The Morgan fingerprint density at radius 3 is 2.67 bits per heavy atom. The van der Waals surface area contributed by atoms with Gasteiger partial charge < -0.3 is 4.57 Å². The highest BCUT2D eigenvalue weighted by molar-refractivity contribution is 7.07. The number of aromatic amines is 1. The Labute approximate surface area is 158 Å². The number of amides is 1. The number of fused-ring (bicyclic) bond motifs is 1. The second-order valence-corrected chi connectivity index (χ2v) is 7.04. The summed E-state index contributed by atoms with van der Waals surface area (Å²) in [5.41, 5.74) is 2.14. The monoisotopic (exact) mass is 376 g/mol. The third kappa shape index (κ3) is 3.50. The van der Waals surface area contributed by atoms with Crippen LogP contribution in [0.4, 0.5) is 0 Å². The first kappa shape index (κ1) is 17.1. The Hall–Kier alpha value is -3.32. The molecular weight excluding hydrogens is 360 g/mol. The molecule has 2 aromatic carbocycles. The van der Waals surface area contributed by atoms with Crippen LogP contribution in [0.25, 0.3) is 10.8 Å². The zero-order valence-electron chi connectivity index (χ0n) is 14.5. The van der Waals surface area contributed by atoms with Gasteiger partial charge >= 0.3 is 5.91 Å².